The number of nitriles is 1. The van der Waals surface area contributed by atoms with Crippen LogP contribution in [0.4, 0.5) is 5.69 Å². The van der Waals surface area contributed by atoms with Gasteiger partial charge in [-0.15, -0.1) is 11.3 Å². The maximum Gasteiger partial charge on any atom is 0.219 e. The van der Waals surface area contributed by atoms with Gasteiger partial charge in [0.05, 0.1) is 35.4 Å². The molecule has 2 N–H and O–H groups in total. The van der Waals surface area contributed by atoms with Crippen molar-refractivity contribution in [3.8, 4) is 28.7 Å². The quantitative estimate of drug-likeness (QED) is 0.397. The van der Waals surface area contributed by atoms with Gasteiger partial charge in [0.15, 0.2) is 5.58 Å². The van der Waals surface area contributed by atoms with Crippen molar-refractivity contribution in [3.05, 3.63) is 48.0 Å². The molecule has 1 fully saturated rings. The van der Waals surface area contributed by atoms with E-state index in [1.54, 1.807) is 31.7 Å². The van der Waals surface area contributed by atoms with Gasteiger partial charge >= 0.3 is 0 Å². The third-order valence-electron chi connectivity index (χ3n) is 6.58. The molecule has 1 amide bonds. The number of nitrogens with two attached hydrogens (primary N) is 1. The number of aromatic nitrogens is 4. The number of carbonyl (C=O) groups is 1. The molecule has 0 spiro atoms. The van der Waals surface area contributed by atoms with Gasteiger partial charge in [-0.25, -0.2) is 0 Å². The Morgan fingerprint density at radius 3 is 2.86 bits per heavy atom. The fourth-order valence-corrected chi connectivity index (χ4v) is 5.74. The van der Waals surface area contributed by atoms with Crippen molar-refractivity contribution in [2.75, 3.05) is 18.8 Å². The van der Waals surface area contributed by atoms with Gasteiger partial charge in [-0.1, -0.05) is 0 Å². The highest BCUT2D eigenvalue weighted by molar-refractivity contribution is 7.20. The summed E-state index contributed by atoms with van der Waals surface area (Å²) in [5.41, 5.74) is 9.47. The molecule has 0 bridgehead atoms. The first-order valence-electron chi connectivity index (χ1n) is 11.3. The number of hydrogen-bond donors (Lipinski definition) is 1. The number of pyridine rings is 2. The molecule has 174 valence electrons. The Kier molecular flexibility index (Phi) is 5.00. The summed E-state index contributed by atoms with van der Waals surface area (Å²) in [5, 5.41) is 16.0. The van der Waals surface area contributed by atoms with Gasteiger partial charge in [0.1, 0.15) is 16.7 Å². The molecule has 1 aliphatic heterocycles. The summed E-state index contributed by atoms with van der Waals surface area (Å²) in [6.45, 7) is 3.07. The van der Waals surface area contributed by atoms with Crippen LogP contribution >= 0.6 is 11.3 Å². The number of anilines is 1. The van der Waals surface area contributed by atoms with E-state index in [1.165, 1.54) is 11.3 Å². The summed E-state index contributed by atoms with van der Waals surface area (Å²) in [6.07, 6.45) is 10.6. The lowest BCUT2D eigenvalue weighted by molar-refractivity contribution is -0.130. The van der Waals surface area contributed by atoms with Crippen LogP contribution in [0.3, 0.4) is 0 Å². The summed E-state index contributed by atoms with van der Waals surface area (Å²) in [5.74, 6) is 0.670. The number of amides is 1. The SMILES string of the molecule is CC(=O)N1CCC(n2cc(-c3ncc(N)c4oc(-c5c(C#N)sc6ccncc56)cc34)cn2)CC1. The summed E-state index contributed by atoms with van der Waals surface area (Å²) < 4.78 is 9.14. The van der Waals surface area contributed by atoms with E-state index in [9.17, 15) is 10.1 Å². The number of likely N-dealkylation sites (tertiary alicyclic amines) is 1. The first kappa shape index (κ1) is 21.3. The zero-order valence-corrected chi connectivity index (χ0v) is 19.7. The molecule has 5 aromatic heterocycles. The summed E-state index contributed by atoms with van der Waals surface area (Å²) >= 11 is 1.41. The summed E-state index contributed by atoms with van der Waals surface area (Å²) in [4.78, 5) is 22.9. The second kappa shape index (κ2) is 8.21. The lowest BCUT2D eigenvalue weighted by Gasteiger charge is -2.31. The van der Waals surface area contributed by atoms with Gasteiger partial charge in [-0.3, -0.25) is 19.4 Å². The maximum atomic E-state index is 11.6. The van der Waals surface area contributed by atoms with Gasteiger partial charge < -0.3 is 15.1 Å². The van der Waals surface area contributed by atoms with E-state index in [2.05, 4.69) is 21.1 Å². The standard InChI is InChI=1S/C25H21N7O2S/c1-14(33)31-6-3-16(4-7-31)32-13-15(10-30-32)24-17-8-20(34-25(17)19(27)12-29-24)23-18-11-28-5-2-21(18)35-22(23)9-26/h2,5,8,10-13,16H,3-4,6-7,27H2,1H3. The Morgan fingerprint density at radius 1 is 1.26 bits per heavy atom. The molecule has 0 aliphatic carbocycles. The molecule has 35 heavy (non-hydrogen) atoms. The fraction of sp³-hybridized carbons (Fsp3) is 0.240. The van der Waals surface area contributed by atoms with Crippen LogP contribution in [-0.4, -0.2) is 43.6 Å². The van der Waals surface area contributed by atoms with E-state index in [4.69, 9.17) is 10.2 Å². The second-order valence-corrected chi connectivity index (χ2v) is 9.70. The zero-order valence-electron chi connectivity index (χ0n) is 18.9. The average Bonchev–Trinajstić information content (AvgIpc) is 3.61. The monoisotopic (exact) mass is 483 g/mol. The molecule has 0 saturated carbocycles. The summed E-state index contributed by atoms with van der Waals surface area (Å²) in [7, 11) is 0. The van der Waals surface area contributed by atoms with Gasteiger partial charge in [-0.05, 0) is 25.0 Å². The van der Waals surface area contributed by atoms with Crippen LogP contribution in [0, 0.1) is 11.3 Å². The molecule has 1 aliphatic rings. The van der Waals surface area contributed by atoms with Crippen LogP contribution in [0.25, 0.3) is 43.6 Å². The minimum Gasteiger partial charge on any atom is -0.454 e. The molecule has 0 radical (unpaired) electrons. The van der Waals surface area contributed by atoms with E-state index in [0.29, 0.717) is 27.6 Å². The number of rotatable bonds is 3. The fourth-order valence-electron chi connectivity index (χ4n) is 4.77. The number of furan rings is 1. The molecule has 6 rings (SSSR count). The molecular weight excluding hydrogens is 462 g/mol. The largest absolute Gasteiger partial charge is 0.454 e. The van der Waals surface area contributed by atoms with Crippen LogP contribution in [0.5, 0.6) is 0 Å². The van der Waals surface area contributed by atoms with Gasteiger partial charge in [0.25, 0.3) is 0 Å². The molecule has 0 unspecified atom stereocenters. The zero-order chi connectivity index (χ0) is 24.1. The highest BCUT2D eigenvalue weighted by atomic mass is 32.1. The first-order chi connectivity index (χ1) is 17.0. The van der Waals surface area contributed by atoms with Crippen molar-refractivity contribution in [1.82, 2.24) is 24.6 Å². The lowest BCUT2D eigenvalue weighted by Crippen LogP contribution is -2.37. The number of piperidine rings is 1. The van der Waals surface area contributed by atoms with Crippen LogP contribution in [0.15, 0.2) is 47.5 Å². The average molecular weight is 484 g/mol. The topological polar surface area (TPSA) is 127 Å². The molecule has 9 nitrogen and oxygen atoms in total. The normalized spacial score (nSPS) is 14.6. The number of nitrogen functional groups attached to an aromatic ring is 1. The number of carbonyl (C=O) groups excluding carboxylic acids is 1. The molecule has 6 heterocycles. The van der Waals surface area contributed by atoms with Crippen molar-refractivity contribution in [2.45, 2.75) is 25.8 Å². The minimum atomic E-state index is 0.113. The third-order valence-corrected chi connectivity index (χ3v) is 7.65. The van der Waals surface area contributed by atoms with E-state index in [1.807, 2.05) is 27.9 Å². The number of hydrogen-bond acceptors (Lipinski definition) is 8. The molecule has 0 atom stereocenters. The third kappa shape index (κ3) is 3.52. The Balaban J connectivity index is 1.41. The number of thiophene rings is 1. The maximum absolute atomic E-state index is 11.6. The Bertz CT molecular complexity index is 1630. The van der Waals surface area contributed by atoms with Crippen molar-refractivity contribution in [1.29, 1.82) is 5.26 Å². The van der Waals surface area contributed by atoms with E-state index in [0.717, 1.165) is 52.5 Å². The predicted octanol–water partition coefficient (Wildman–Crippen LogP) is 4.61. The smallest absolute Gasteiger partial charge is 0.219 e. The van der Waals surface area contributed by atoms with Crippen molar-refractivity contribution in [3.63, 3.8) is 0 Å². The van der Waals surface area contributed by atoms with Crippen molar-refractivity contribution < 1.29 is 9.21 Å². The first-order valence-corrected chi connectivity index (χ1v) is 12.1. The van der Waals surface area contributed by atoms with Gasteiger partial charge in [-0.2, -0.15) is 10.4 Å². The summed E-state index contributed by atoms with van der Waals surface area (Å²) in [6, 6.07) is 6.30. The Morgan fingerprint density at radius 2 is 2.09 bits per heavy atom. The van der Waals surface area contributed by atoms with Crippen LogP contribution in [-0.2, 0) is 4.79 Å². The van der Waals surface area contributed by atoms with Crippen molar-refractivity contribution in [2.24, 2.45) is 0 Å². The van der Waals surface area contributed by atoms with Gasteiger partial charge in [0.2, 0.25) is 5.91 Å². The van der Waals surface area contributed by atoms with E-state index >= 15 is 0 Å². The van der Waals surface area contributed by atoms with E-state index < -0.39 is 0 Å². The number of fused-ring (bicyclic) bond motifs is 2. The van der Waals surface area contributed by atoms with Crippen LogP contribution in [0.2, 0.25) is 0 Å². The van der Waals surface area contributed by atoms with E-state index in [-0.39, 0.29) is 11.9 Å². The number of nitrogens with zero attached hydrogens (tertiary/aromatic N) is 6. The predicted molar refractivity (Wildman–Crippen MR) is 133 cm³/mol. The second-order valence-electron chi connectivity index (χ2n) is 8.65. The lowest BCUT2D eigenvalue weighted by atomic mass is 10.1. The molecule has 5 aromatic rings. The molecular formula is C25H21N7O2S. The molecule has 0 aromatic carbocycles. The molecule has 10 heteroatoms. The van der Waals surface area contributed by atoms with Crippen molar-refractivity contribution >= 4 is 44.0 Å². The highest BCUT2D eigenvalue weighted by Crippen LogP contribution is 2.42. The minimum absolute atomic E-state index is 0.113. The molecule has 1 saturated heterocycles. The van der Waals surface area contributed by atoms with Gasteiger partial charge in [0, 0.05) is 59.6 Å². The Labute approximate surface area is 204 Å². The Hall–Kier alpha value is -4.23. The highest BCUT2D eigenvalue weighted by Gasteiger charge is 2.24. The van der Waals surface area contributed by atoms with Crippen LogP contribution < -0.4 is 5.73 Å². The van der Waals surface area contributed by atoms with Crippen LogP contribution in [0.1, 0.15) is 30.7 Å².